The summed E-state index contributed by atoms with van der Waals surface area (Å²) in [7, 11) is 0. The van der Waals surface area contributed by atoms with Crippen LogP contribution in [0.5, 0.6) is 0 Å². The zero-order valence-corrected chi connectivity index (χ0v) is 9.80. The monoisotopic (exact) mass is 289 g/mol. The van der Waals surface area contributed by atoms with Crippen molar-refractivity contribution < 1.29 is 28.4 Å². The molecule has 0 fully saturated rings. The van der Waals surface area contributed by atoms with Crippen LogP contribution in [-0.2, 0) is 4.79 Å². The normalized spacial score (nSPS) is 11.8. The second-order valence-electron chi connectivity index (χ2n) is 3.64. The van der Waals surface area contributed by atoms with E-state index >= 15 is 0 Å². The van der Waals surface area contributed by atoms with Gasteiger partial charge in [-0.3, -0.25) is 19.7 Å². The molecule has 0 saturated heterocycles. The van der Waals surface area contributed by atoms with Crippen molar-refractivity contribution in [1.82, 2.24) is 5.32 Å². The molecule has 0 saturated carbocycles. The number of benzene rings is 1. The minimum Gasteiger partial charge on any atom is -0.381 e. The van der Waals surface area contributed by atoms with Crippen molar-refractivity contribution in [2.45, 2.75) is 6.10 Å². The van der Waals surface area contributed by atoms with Crippen LogP contribution in [-0.4, -0.2) is 34.5 Å². The van der Waals surface area contributed by atoms with Crippen LogP contribution in [0.2, 0.25) is 0 Å². The molecule has 0 radical (unpaired) electrons. The molecule has 0 bridgehead atoms. The Labute approximate surface area is 110 Å². The van der Waals surface area contributed by atoms with E-state index in [-0.39, 0.29) is 0 Å². The van der Waals surface area contributed by atoms with Crippen LogP contribution < -0.4 is 11.1 Å². The first-order valence-electron chi connectivity index (χ1n) is 5.13. The molecule has 0 aromatic heterocycles. The average Bonchev–Trinajstić information content (AvgIpc) is 2.35. The van der Waals surface area contributed by atoms with Gasteiger partial charge in [0.25, 0.3) is 5.91 Å². The number of nitrogens with two attached hydrogens (primary N) is 1. The van der Waals surface area contributed by atoms with Crippen molar-refractivity contribution in [2.75, 3.05) is 6.54 Å². The van der Waals surface area contributed by atoms with Gasteiger partial charge in [0.05, 0.1) is 11.5 Å². The van der Waals surface area contributed by atoms with Crippen LogP contribution in [0.25, 0.3) is 0 Å². The van der Waals surface area contributed by atoms with E-state index in [0.717, 1.165) is 0 Å². The molecular weight excluding hydrogens is 280 g/mol. The molecule has 4 N–H and O–H groups in total. The zero-order chi connectivity index (χ0) is 15.4. The Kier molecular flexibility index (Phi) is 4.64. The summed E-state index contributed by atoms with van der Waals surface area (Å²) in [5, 5.41) is 21.3. The van der Waals surface area contributed by atoms with Crippen molar-refractivity contribution in [3.8, 4) is 0 Å². The smallest absolute Gasteiger partial charge is 0.305 e. The van der Waals surface area contributed by atoms with Gasteiger partial charge in [0.2, 0.25) is 11.7 Å². The number of aliphatic hydroxyl groups excluding tert-OH is 1. The molecule has 108 valence electrons. The van der Waals surface area contributed by atoms with E-state index in [1.807, 2.05) is 5.32 Å². The second-order valence-corrected chi connectivity index (χ2v) is 3.64. The number of halogens is 2. The van der Waals surface area contributed by atoms with Gasteiger partial charge in [-0.2, -0.15) is 4.39 Å². The molecule has 1 rings (SSSR count). The fourth-order valence-electron chi connectivity index (χ4n) is 1.27. The van der Waals surface area contributed by atoms with Crippen LogP contribution in [0, 0.1) is 21.7 Å². The van der Waals surface area contributed by atoms with Gasteiger partial charge in [-0.05, 0) is 6.07 Å². The Morgan fingerprint density at radius 3 is 2.55 bits per heavy atom. The maximum absolute atomic E-state index is 13.6. The second kappa shape index (κ2) is 6.02. The summed E-state index contributed by atoms with van der Waals surface area (Å²) in [5.41, 5.74) is 2.45. The number of nitro benzene ring substituents is 1. The van der Waals surface area contributed by atoms with Gasteiger partial charge in [0.15, 0.2) is 0 Å². The van der Waals surface area contributed by atoms with E-state index in [1.165, 1.54) is 0 Å². The SMILES string of the molecule is NC(=O)C(O)CNC(=O)c1c(F)ccc([N+](=O)[O-])c1F. The summed E-state index contributed by atoms with van der Waals surface area (Å²) >= 11 is 0. The number of hydrogen-bond acceptors (Lipinski definition) is 5. The molecule has 0 spiro atoms. The lowest BCUT2D eigenvalue weighted by molar-refractivity contribution is -0.387. The molecule has 2 amide bonds. The van der Waals surface area contributed by atoms with Crippen LogP contribution in [0.3, 0.4) is 0 Å². The van der Waals surface area contributed by atoms with E-state index in [4.69, 9.17) is 10.8 Å². The number of nitrogens with zero attached hydrogens (tertiary/aromatic N) is 1. The fourth-order valence-corrected chi connectivity index (χ4v) is 1.27. The summed E-state index contributed by atoms with van der Waals surface area (Å²) < 4.78 is 27.0. The summed E-state index contributed by atoms with van der Waals surface area (Å²) in [5.74, 6) is -5.48. The molecule has 0 aliphatic carbocycles. The number of rotatable bonds is 5. The Morgan fingerprint density at radius 2 is 2.05 bits per heavy atom. The highest BCUT2D eigenvalue weighted by molar-refractivity contribution is 5.95. The number of amides is 2. The lowest BCUT2D eigenvalue weighted by atomic mass is 10.1. The lowest BCUT2D eigenvalue weighted by Crippen LogP contribution is -2.40. The Morgan fingerprint density at radius 1 is 1.45 bits per heavy atom. The third-order valence-corrected chi connectivity index (χ3v) is 2.28. The first kappa shape index (κ1) is 15.4. The third kappa shape index (κ3) is 3.23. The maximum atomic E-state index is 13.6. The van der Waals surface area contributed by atoms with Crippen LogP contribution in [0.4, 0.5) is 14.5 Å². The summed E-state index contributed by atoms with van der Waals surface area (Å²) in [4.78, 5) is 31.4. The van der Waals surface area contributed by atoms with Crippen molar-refractivity contribution >= 4 is 17.5 Å². The number of aliphatic hydroxyl groups is 1. The predicted molar refractivity (Wildman–Crippen MR) is 60.5 cm³/mol. The minimum absolute atomic E-state index is 0.556. The van der Waals surface area contributed by atoms with Gasteiger partial charge < -0.3 is 16.2 Å². The molecule has 10 heteroatoms. The Balaban J connectivity index is 3.01. The summed E-state index contributed by atoms with van der Waals surface area (Å²) in [6.45, 7) is -0.685. The standard InChI is InChI=1S/C10H9F2N3O5/c11-4-1-2-5(15(19)20)8(12)7(4)10(18)14-3-6(16)9(13)17/h1-2,6,16H,3H2,(H2,13,17)(H,14,18). The molecule has 0 heterocycles. The van der Waals surface area contributed by atoms with Gasteiger partial charge in [-0.25, -0.2) is 4.39 Å². The average molecular weight is 289 g/mol. The highest BCUT2D eigenvalue weighted by Gasteiger charge is 2.26. The fraction of sp³-hybridized carbons (Fsp3) is 0.200. The van der Waals surface area contributed by atoms with Crippen LogP contribution in [0.1, 0.15) is 10.4 Å². The summed E-state index contributed by atoms with van der Waals surface area (Å²) in [6.07, 6.45) is -1.75. The van der Waals surface area contributed by atoms with E-state index in [9.17, 15) is 28.5 Å². The van der Waals surface area contributed by atoms with Gasteiger partial charge in [0.1, 0.15) is 17.5 Å². The number of hydrogen-bond donors (Lipinski definition) is 3. The Bertz CT molecular complexity index is 578. The topological polar surface area (TPSA) is 136 Å². The zero-order valence-electron chi connectivity index (χ0n) is 9.80. The molecular formula is C10H9F2N3O5. The van der Waals surface area contributed by atoms with Crippen LogP contribution in [0.15, 0.2) is 12.1 Å². The lowest BCUT2D eigenvalue weighted by Gasteiger charge is -2.09. The highest BCUT2D eigenvalue weighted by Crippen LogP contribution is 2.22. The van der Waals surface area contributed by atoms with E-state index < -0.39 is 52.3 Å². The van der Waals surface area contributed by atoms with E-state index in [1.54, 1.807) is 0 Å². The summed E-state index contributed by atoms with van der Waals surface area (Å²) in [6, 6.07) is 1.13. The van der Waals surface area contributed by atoms with Crippen LogP contribution >= 0.6 is 0 Å². The molecule has 1 unspecified atom stereocenters. The first-order chi connectivity index (χ1) is 9.25. The molecule has 1 aromatic carbocycles. The Hall–Kier alpha value is -2.62. The highest BCUT2D eigenvalue weighted by atomic mass is 19.1. The largest absolute Gasteiger partial charge is 0.381 e. The maximum Gasteiger partial charge on any atom is 0.305 e. The van der Waals surface area contributed by atoms with Crippen molar-refractivity contribution in [2.24, 2.45) is 5.73 Å². The number of nitro groups is 1. The molecule has 0 aliphatic heterocycles. The van der Waals surface area contributed by atoms with E-state index in [2.05, 4.69) is 0 Å². The number of primary amides is 1. The molecule has 1 atom stereocenters. The third-order valence-electron chi connectivity index (χ3n) is 2.28. The number of carbonyl (C=O) groups is 2. The van der Waals surface area contributed by atoms with Gasteiger partial charge in [-0.1, -0.05) is 0 Å². The number of carbonyl (C=O) groups excluding carboxylic acids is 2. The molecule has 20 heavy (non-hydrogen) atoms. The molecule has 0 aliphatic rings. The van der Waals surface area contributed by atoms with Gasteiger partial charge in [-0.15, -0.1) is 0 Å². The van der Waals surface area contributed by atoms with Crippen molar-refractivity contribution in [1.29, 1.82) is 0 Å². The quantitative estimate of drug-likeness (QED) is 0.493. The van der Waals surface area contributed by atoms with Gasteiger partial charge >= 0.3 is 5.69 Å². The number of nitrogens with one attached hydrogen (secondary N) is 1. The predicted octanol–water partition coefficient (Wildman–Crippen LogP) is -0.551. The van der Waals surface area contributed by atoms with Gasteiger partial charge in [0, 0.05) is 6.07 Å². The minimum atomic E-state index is -1.75. The first-order valence-corrected chi connectivity index (χ1v) is 5.13. The van der Waals surface area contributed by atoms with E-state index in [0.29, 0.717) is 12.1 Å². The van der Waals surface area contributed by atoms with Crippen molar-refractivity contribution in [3.63, 3.8) is 0 Å². The molecule has 1 aromatic rings. The van der Waals surface area contributed by atoms with Crippen molar-refractivity contribution in [3.05, 3.63) is 39.4 Å². The molecule has 8 nitrogen and oxygen atoms in total.